The zero-order valence-corrected chi connectivity index (χ0v) is 11.2. The first-order chi connectivity index (χ1) is 9.58. The lowest BCUT2D eigenvalue weighted by Crippen LogP contribution is -2.43. The van der Waals surface area contributed by atoms with Gasteiger partial charge >= 0.3 is 5.97 Å². The number of anilines is 1. The number of aliphatic hydroxyl groups excluding tert-OH is 1. The lowest BCUT2D eigenvalue weighted by atomic mass is 9.96. The quantitative estimate of drug-likeness (QED) is 0.862. The van der Waals surface area contributed by atoms with E-state index in [-0.39, 0.29) is 11.6 Å². The third-order valence-electron chi connectivity index (χ3n) is 3.93. The molecule has 0 radical (unpaired) electrons. The van der Waals surface area contributed by atoms with Gasteiger partial charge in [-0.25, -0.2) is 9.78 Å². The average molecular weight is 275 g/mol. The summed E-state index contributed by atoms with van der Waals surface area (Å²) in [6, 6.07) is 5.38. The number of aromatic carboxylic acids is 1. The predicted octanol–water partition coefficient (Wildman–Crippen LogP) is 1.24. The van der Waals surface area contributed by atoms with E-state index < -0.39 is 12.1 Å². The molecule has 20 heavy (non-hydrogen) atoms. The Bertz CT molecular complexity index is 652. The Labute approximate surface area is 116 Å². The van der Waals surface area contributed by atoms with Crippen molar-refractivity contribution in [2.45, 2.75) is 19.4 Å². The Kier molecular flexibility index (Phi) is 3.10. The molecule has 106 valence electrons. The second-order valence-electron chi connectivity index (χ2n) is 5.30. The number of rotatable bonds is 2. The monoisotopic (exact) mass is 275 g/mol. The van der Waals surface area contributed by atoms with Gasteiger partial charge in [0.15, 0.2) is 11.5 Å². The van der Waals surface area contributed by atoms with Crippen molar-refractivity contribution in [3.05, 3.63) is 30.1 Å². The maximum atomic E-state index is 11.5. The van der Waals surface area contributed by atoms with E-state index in [4.69, 9.17) is 0 Å². The highest BCUT2D eigenvalue weighted by atomic mass is 16.4. The van der Waals surface area contributed by atoms with Crippen molar-refractivity contribution < 1.29 is 15.0 Å². The highest BCUT2D eigenvalue weighted by molar-refractivity contribution is 5.93. The zero-order chi connectivity index (χ0) is 14.3. The average Bonchev–Trinajstić information content (AvgIpc) is 2.81. The van der Waals surface area contributed by atoms with Crippen LogP contribution in [-0.4, -0.2) is 44.8 Å². The molecule has 0 aliphatic carbocycles. The molecule has 6 nitrogen and oxygen atoms in total. The smallest absolute Gasteiger partial charge is 0.356 e. The van der Waals surface area contributed by atoms with Crippen molar-refractivity contribution in [3.63, 3.8) is 0 Å². The molecule has 3 rings (SSSR count). The molecule has 0 bridgehead atoms. The number of fused-ring (bicyclic) bond motifs is 1. The summed E-state index contributed by atoms with van der Waals surface area (Å²) in [4.78, 5) is 17.8. The molecular formula is C14H17N3O3. The SMILES string of the molecule is CC1CCN(c2nc3ccccn3c2C(=O)O)CC1O. The third-order valence-corrected chi connectivity index (χ3v) is 3.93. The van der Waals surface area contributed by atoms with Crippen LogP contribution in [-0.2, 0) is 0 Å². The molecule has 3 heterocycles. The Morgan fingerprint density at radius 3 is 2.95 bits per heavy atom. The topological polar surface area (TPSA) is 78.1 Å². The molecule has 6 heteroatoms. The number of imidazole rings is 1. The van der Waals surface area contributed by atoms with Crippen LogP contribution in [0.3, 0.4) is 0 Å². The van der Waals surface area contributed by atoms with Crippen molar-refractivity contribution in [1.82, 2.24) is 9.38 Å². The number of hydrogen-bond acceptors (Lipinski definition) is 4. The first-order valence-electron chi connectivity index (χ1n) is 6.71. The lowest BCUT2D eigenvalue weighted by Gasteiger charge is -2.34. The molecule has 2 atom stereocenters. The summed E-state index contributed by atoms with van der Waals surface area (Å²) in [7, 11) is 0. The van der Waals surface area contributed by atoms with Crippen molar-refractivity contribution >= 4 is 17.4 Å². The second kappa shape index (κ2) is 4.79. The summed E-state index contributed by atoms with van der Waals surface area (Å²) in [6.45, 7) is 3.14. The summed E-state index contributed by atoms with van der Waals surface area (Å²) >= 11 is 0. The Balaban J connectivity index is 2.07. The second-order valence-corrected chi connectivity index (χ2v) is 5.30. The first kappa shape index (κ1) is 12.9. The van der Waals surface area contributed by atoms with E-state index in [0.29, 0.717) is 24.6 Å². The van der Waals surface area contributed by atoms with Crippen LogP contribution in [0.4, 0.5) is 5.82 Å². The van der Waals surface area contributed by atoms with Gasteiger partial charge in [0.2, 0.25) is 0 Å². The fraction of sp³-hybridized carbons (Fsp3) is 0.429. The van der Waals surface area contributed by atoms with E-state index in [1.165, 1.54) is 0 Å². The number of carboxylic acids is 1. The fourth-order valence-corrected chi connectivity index (χ4v) is 2.64. The summed E-state index contributed by atoms with van der Waals surface area (Å²) in [5.41, 5.74) is 0.760. The minimum absolute atomic E-state index is 0.155. The van der Waals surface area contributed by atoms with E-state index in [9.17, 15) is 15.0 Å². The number of carboxylic acid groups (broad SMARTS) is 1. The summed E-state index contributed by atoms with van der Waals surface area (Å²) in [5.74, 6) is -0.335. The van der Waals surface area contributed by atoms with E-state index in [2.05, 4.69) is 4.98 Å². The lowest BCUT2D eigenvalue weighted by molar-refractivity contribution is 0.0688. The normalized spacial score (nSPS) is 23.2. The summed E-state index contributed by atoms with van der Waals surface area (Å²) < 4.78 is 1.57. The van der Waals surface area contributed by atoms with Crippen LogP contribution >= 0.6 is 0 Å². The number of carbonyl (C=O) groups is 1. The highest BCUT2D eigenvalue weighted by Gasteiger charge is 2.29. The van der Waals surface area contributed by atoms with Gasteiger partial charge in [0.25, 0.3) is 0 Å². The van der Waals surface area contributed by atoms with E-state index >= 15 is 0 Å². The third kappa shape index (κ3) is 2.02. The van der Waals surface area contributed by atoms with Gasteiger partial charge < -0.3 is 15.1 Å². The van der Waals surface area contributed by atoms with Gasteiger partial charge in [0, 0.05) is 19.3 Å². The van der Waals surface area contributed by atoms with Crippen LogP contribution in [0.1, 0.15) is 23.8 Å². The molecule has 1 saturated heterocycles. The first-order valence-corrected chi connectivity index (χ1v) is 6.71. The number of piperidine rings is 1. The highest BCUT2D eigenvalue weighted by Crippen LogP contribution is 2.26. The van der Waals surface area contributed by atoms with Crippen LogP contribution in [0.25, 0.3) is 5.65 Å². The molecule has 0 aromatic carbocycles. The van der Waals surface area contributed by atoms with Gasteiger partial charge in [-0.1, -0.05) is 13.0 Å². The molecule has 0 spiro atoms. The maximum absolute atomic E-state index is 11.5. The molecular weight excluding hydrogens is 258 g/mol. The van der Waals surface area contributed by atoms with E-state index in [0.717, 1.165) is 6.42 Å². The maximum Gasteiger partial charge on any atom is 0.356 e. The molecule has 1 aliphatic rings. The predicted molar refractivity (Wildman–Crippen MR) is 74.2 cm³/mol. The number of β-amino-alcohol motifs (C(OH)–C–C–N with tert-alkyl or cyclic N) is 1. The molecule has 2 unspecified atom stereocenters. The van der Waals surface area contributed by atoms with Crippen molar-refractivity contribution in [3.8, 4) is 0 Å². The van der Waals surface area contributed by atoms with Crippen LogP contribution in [0.5, 0.6) is 0 Å². The van der Waals surface area contributed by atoms with Gasteiger partial charge in [0.1, 0.15) is 5.65 Å². The Morgan fingerprint density at radius 1 is 1.45 bits per heavy atom. The Hall–Kier alpha value is -2.08. The zero-order valence-electron chi connectivity index (χ0n) is 11.2. The number of aliphatic hydroxyl groups is 1. The molecule has 2 aromatic rings. The van der Waals surface area contributed by atoms with Crippen LogP contribution in [0.15, 0.2) is 24.4 Å². The van der Waals surface area contributed by atoms with Crippen molar-refractivity contribution in [1.29, 1.82) is 0 Å². The minimum Gasteiger partial charge on any atom is -0.476 e. The molecule has 2 aromatic heterocycles. The summed E-state index contributed by atoms with van der Waals surface area (Å²) in [5, 5.41) is 19.4. The number of nitrogens with zero attached hydrogens (tertiary/aromatic N) is 3. The van der Waals surface area contributed by atoms with Crippen LogP contribution in [0, 0.1) is 5.92 Å². The van der Waals surface area contributed by atoms with Crippen molar-refractivity contribution in [2.24, 2.45) is 5.92 Å². The summed E-state index contributed by atoms with van der Waals surface area (Å²) in [6.07, 6.45) is 2.07. The molecule has 1 aliphatic heterocycles. The van der Waals surface area contributed by atoms with Gasteiger partial charge in [-0.15, -0.1) is 0 Å². The molecule has 0 saturated carbocycles. The molecule has 2 N–H and O–H groups in total. The Morgan fingerprint density at radius 2 is 2.25 bits per heavy atom. The van der Waals surface area contributed by atoms with E-state index in [1.54, 1.807) is 22.7 Å². The number of pyridine rings is 1. The van der Waals surface area contributed by atoms with Crippen LogP contribution < -0.4 is 4.90 Å². The fourth-order valence-electron chi connectivity index (χ4n) is 2.64. The van der Waals surface area contributed by atoms with Gasteiger partial charge in [-0.3, -0.25) is 4.40 Å². The van der Waals surface area contributed by atoms with Crippen LogP contribution in [0.2, 0.25) is 0 Å². The van der Waals surface area contributed by atoms with Gasteiger partial charge in [-0.2, -0.15) is 0 Å². The van der Waals surface area contributed by atoms with E-state index in [1.807, 2.05) is 17.9 Å². The van der Waals surface area contributed by atoms with Gasteiger partial charge in [-0.05, 0) is 24.5 Å². The van der Waals surface area contributed by atoms with Crippen molar-refractivity contribution in [2.75, 3.05) is 18.0 Å². The standard InChI is InChI=1S/C14H17N3O3/c1-9-5-7-16(8-10(9)18)13-12(14(19)20)17-6-3-2-4-11(17)15-13/h2-4,6,9-10,18H,5,7-8H2,1H3,(H,19,20). The van der Waals surface area contributed by atoms with Gasteiger partial charge in [0.05, 0.1) is 6.10 Å². The minimum atomic E-state index is -1.01. The molecule has 1 fully saturated rings. The molecule has 0 amide bonds. The largest absolute Gasteiger partial charge is 0.476 e. The number of aromatic nitrogens is 2. The number of hydrogen-bond donors (Lipinski definition) is 2.